The van der Waals surface area contributed by atoms with Crippen LogP contribution in [0.5, 0.6) is 0 Å². The standard InChI is InChI=1S/C10H11NO2/c1-6(12)9-4-3-8(11)5-10(9)7(2)13/h3-5H,11H2,1-2H3. The lowest BCUT2D eigenvalue weighted by Crippen LogP contribution is -2.04. The van der Waals surface area contributed by atoms with Crippen molar-refractivity contribution in [2.45, 2.75) is 13.8 Å². The van der Waals surface area contributed by atoms with E-state index in [-0.39, 0.29) is 11.6 Å². The van der Waals surface area contributed by atoms with Crippen LogP contribution in [-0.4, -0.2) is 11.6 Å². The summed E-state index contributed by atoms with van der Waals surface area (Å²) in [6.45, 7) is 2.85. The first-order chi connectivity index (χ1) is 6.02. The number of nitrogens with two attached hydrogens (primary N) is 1. The molecule has 0 spiro atoms. The van der Waals surface area contributed by atoms with Crippen LogP contribution in [-0.2, 0) is 0 Å². The van der Waals surface area contributed by atoms with Crippen LogP contribution < -0.4 is 5.73 Å². The molecule has 0 bridgehead atoms. The maximum atomic E-state index is 11.1. The van der Waals surface area contributed by atoms with Crippen molar-refractivity contribution in [3.8, 4) is 0 Å². The molecule has 0 unspecified atom stereocenters. The minimum atomic E-state index is -0.141. The highest BCUT2D eigenvalue weighted by molar-refractivity contribution is 6.07. The molecule has 68 valence electrons. The first-order valence-electron chi connectivity index (χ1n) is 3.93. The second kappa shape index (κ2) is 3.39. The Hall–Kier alpha value is -1.64. The van der Waals surface area contributed by atoms with E-state index in [0.29, 0.717) is 16.8 Å². The van der Waals surface area contributed by atoms with Crippen LogP contribution in [0.1, 0.15) is 34.6 Å². The van der Waals surface area contributed by atoms with Crippen LogP contribution in [0.15, 0.2) is 18.2 Å². The van der Waals surface area contributed by atoms with Gasteiger partial charge in [-0.1, -0.05) is 0 Å². The van der Waals surface area contributed by atoms with E-state index in [1.54, 1.807) is 12.1 Å². The van der Waals surface area contributed by atoms with E-state index in [1.165, 1.54) is 19.9 Å². The molecule has 0 atom stereocenters. The largest absolute Gasteiger partial charge is 0.399 e. The van der Waals surface area contributed by atoms with Gasteiger partial charge in [0.15, 0.2) is 11.6 Å². The Labute approximate surface area is 76.6 Å². The molecule has 13 heavy (non-hydrogen) atoms. The van der Waals surface area contributed by atoms with Crippen LogP contribution in [0, 0.1) is 0 Å². The number of hydrogen-bond acceptors (Lipinski definition) is 3. The normalized spacial score (nSPS) is 9.69. The Bertz CT molecular complexity index is 369. The third kappa shape index (κ3) is 1.93. The average molecular weight is 177 g/mol. The average Bonchev–Trinajstić information content (AvgIpc) is 2.03. The molecule has 2 N–H and O–H groups in total. The molecule has 3 heteroatoms. The van der Waals surface area contributed by atoms with Crippen molar-refractivity contribution >= 4 is 17.3 Å². The van der Waals surface area contributed by atoms with Gasteiger partial charge >= 0.3 is 0 Å². The summed E-state index contributed by atoms with van der Waals surface area (Å²) in [6, 6.07) is 4.72. The summed E-state index contributed by atoms with van der Waals surface area (Å²) in [4.78, 5) is 22.2. The van der Waals surface area contributed by atoms with Crippen molar-refractivity contribution < 1.29 is 9.59 Å². The van der Waals surface area contributed by atoms with Gasteiger partial charge in [0.2, 0.25) is 0 Å². The van der Waals surface area contributed by atoms with Gasteiger partial charge in [0, 0.05) is 16.8 Å². The van der Waals surface area contributed by atoms with Crippen LogP contribution in [0.2, 0.25) is 0 Å². The summed E-state index contributed by atoms with van der Waals surface area (Å²) in [6.07, 6.45) is 0. The van der Waals surface area contributed by atoms with Gasteiger partial charge in [-0.3, -0.25) is 9.59 Å². The number of hydrogen-bond donors (Lipinski definition) is 1. The van der Waals surface area contributed by atoms with Gasteiger partial charge in [0.25, 0.3) is 0 Å². The molecule has 0 saturated heterocycles. The molecular weight excluding hydrogens is 166 g/mol. The molecule has 0 heterocycles. The zero-order valence-corrected chi connectivity index (χ0v) is 7.63. The van der Waals surface area contributed by atoms with E-state index in [4.69, 9.17) is 5.73 Å². The van der Waals surface area contributed by atoms with Gasteiger partial charge < -0.3 is 5.73 Å². The lowest BCUT2D eigenvalue weighted by molar-refractivity contribution is 0.0981. The summed E-state index contributed by atoms with van der Waals surface area (Å²) in [5.41, 5.74) is 6.83. The van der Waals surface area contributed by atoms with Crippen molar-refractivity contribution in [2.75, 3.05) is 5.73 Å². The monoisotopic (exact) mass is 177 g/mol. The Morgan fingerprint density at radius 2 is 1.62 bits per heavy atom. The molecule has 0 radical (unpaired) electrons. The number of carbonyl (C=O) groups is 2. The number of carbonyl (C=O) groups excluding carboxylic acids is 2. The highest BCUT2D eigenvalue weighted by atomic mass is 16.1. The number of ketones is 2. The van der Waals surface area contributed by atoms with E-state index in [1.807, 2.05) is 0 Å². The minimum Gasteiger partial charge on any atom is -0.399 e. The van der Waals surface area contributed by atoms with Crippen molar-refractivity contribution in [1.29, 1.82) is 0 Å². The second-order valence-electron chi connectivity index (χ2n) is 2.92. The molecule has 0 aliphatic heterocycles. The summed E-state index contributed by atoms with van der Waals surface area (Å²) in [5.74, 6) is -0.261. The van der Waals surface area contributed by atoms with Crippen molar-refractivity contribution in [3.63, 3.8) is 0 Å². The molecule has 1 aromatic carbocycles. The van der Waals surface area contributed by atoms with Crippen LogP contribution in [0.4, 0.5) is 5.69 Å². The van der Waals surface area contributed by atoms with Crippen LogP contribution in [0.25, 0.3) is 0 Å². The van der Waals surface area contributed by atoms with Gasteiger partial charge in [-0.2, -0.15) is 0 Å². The summed E-state index contributed by atoms with van der Waals surface area (Å²) >= 11 is 0. The van der Waals surface area contributed by atoms with Gasteiger partial charge in [-0.05, 0) is 32.0 Å². The predicted octanol–water partition coefficient (Wildman–Crippen LogP) is 1.67. The van der Waals surface area contributed by atoms with E-state index in [0.717, 1.165) is 0 Å². The van der Waals surface area contributed by atoms with E-state index >= 15 is 0 Å². The number of rotatable bonds is 2. The van der Waals surface area contributed by atoms with Gasteiger partial charge in [0.1, 0.15) is 0 Å². The van der Waals surface area contributed by atoms with Crippen molar-refractivity contribution in [3.05, 3.63) is 29.3 Å². The molecule has 0 saturated carbocycles. The lowest BCUT2D eigenvalue weighted by Gasteiger charge is -2.03. The second-order valence-corrected chi connectivity index (χ2v) is 2.92. The number of benzene rings is 1. The maximum absolute atomic E-state index is 11.1. The third-order valence-corrected chi connectivity index (χ3v) is 1.80. The molecule has 3 nitrogen and oxygen atoms in total. The Morgan fingerprint density at radius 3 is 2.08 bits per heavy atom. The maximum Gasteiger partial charge on any atom is 0.160 e. The SMILES string of the molecule is CC(=O)c1ccc(N)cc1C(C)=O. The minimum absolute atomic E-state index is 0.120. The summed E-state index contributed by atoms with van der Waals surface area (Å²) in [7, 11) is 0. The quantitative estimate of drug-likeness (QED) is 0.552. The molecule has 0 amide bonds. The van der Waals surface area contributed by atoms with E-state index in [2.05, 4.69) is 0 Å². The zero-order valence-electron chi connectivity index (χ0n) is 7.63. The smallest absolute Gasteiger partial charge is 0.160 e. The zero-order chi connectivity index (χ0) is 10.0. The molecule has 0 fully saturated rings. The third-order valence-electron chi connectivity index (χ3n) is 1.80. The lowest BCUT2D eigenvalue weighted by atomic mass is 10.0. The van der Waals surface area contributed by atoms with E-state index < -0.39 is 0 Å². The number of nitrogen functional groups attached to an aromatic ring is 1. The summed E-state index contributed by atoms with van der Waals surface area (Å²) in [5, 5.41) is 0. The molecule has 0 aliphatic rings. The summed E-state index contributed by atoms with van der Waals surface area (Å²) < 4.78 is 0. The highest BCUT2D eigenvalue weighted by Crippen LogP contribution is 2.14. The Morgan fingerprint density at radius 1 is 1.08 bits per heavy atom. The highest BCUT2D eigenvalue weighted by Gasteiger charge is 2.10. The van der Waals surface area contributed by atoms with Gasteiger partial charge in [-0.15, -0.1) is 0 Å². The first-order valence-corrected chi connectivity index (χ1v) is 3.93. The fourth-order valence-corrected chi connectivity index (χ4v) is 1.16. The molecule has 1 rings (SSSR count). The van der Waals surface area contributed by atoms with E-state index in [9.17, 15) is 9.59 Å². The van der Waals surface area contributed by atoms with Crippen molar-refractivity contribution in [1.82, 2.24) is 0 Å². The molecule has 1 aromatic rings. The molecular formula is C10H11NO2. The molecule has 0 aliphatic carbocycles. The van der Waals surface area contributed by atoms with Crippen LogP contribution >= 0.6 is 0 Å². The number of Topliss-reactive ketones (excluding diaryl/α,β-unsaturated/α-hetero) is 2. The first kappa shape index (κ1) is 9.45. The fourth-order valence-electron chi connectivity index (χ4n) is 1.16. The Kier molecular flexibility index (Phi) is 2.46. The van der Waals surface area contributed by atoms with Gasteiger partial charge in [-0.25, -0.2) is 0 Å². The number of anilines is 1. The van der Waals surface area contributed by atoms with Crippen molar-refractivity contribution in [2.24, 2.45) is 0 Å². The predicted molar refractivity (Wildman–Crippen MR) is 50.9 cm³/mol. The Balaban J connectivity index is 3.35. The molecule has 0 aromatic heterocycles. The topological polar surface area (TPSA) is 60.2 Å². The van der Waals surface area contributed by atoms with Crippen LogP contribution in [0.3, 0.4) is 0 Å². The van der Waals surface area contributed by atoms with Gasteiger partial charge in [0.05, 0.1) is 0 Å². The fraction of sp³-hybridized carbons (Fsp3) is 0.200.